The molecular weight excluding hydrogens is 404 g/mol. The second-order valence-corrected chi connectivity index (χ2v) is 7.62. The van der Waals surface area contributed by atoms with Crippen molar-refractivity contribution in [1.29, 1.82) is 0 Å². The fourth-order valence-corrected chi connectivity index (χ4v) is 3.82. The quantitative estimate of drug-likeness (QED) is 0.662. The number of anilines is 2. The van der Waals surface area contributed by atoms with Crippen molar-refractivity contribution in [2.75, 3.05) is 29.9 Å². The Kier molecular flexibility index (Phi) is 5.41. The number of esters is 1. The van der Waals surface area contributed by atoms with Gasteiger partial charge in [-0.25, -0.2) is 13.2 Å². The normalized spacial score (nSPS) is 13.3. The second-order valence-electron chi connectivity index (χ2n) is 5.93. The number of carbonyl (C=O) groups is 3. The van der Waals surface area contributed by atoms with E-state index >= 15 is 0 Å². The summed E-state index contributed by atoms with van der Waals surface area (Å²) in [6.45, 7) is -0.992. The van der Waals surface area contributed by atoms with Gasteiger partial charge in [-0.3, -0.25) is 19.2 Å². The fraction of sp³-hybridized carbons (Fsp3) is 0.167. The topological polar surface area (TPSA) is 139 Å². The molecule has 0 bridgehead atoms. The lowest BCUT2D eigenvalue weighted by Gasteiger charge is -2.28. The number of carboxylic acid groups (broad SMARTS) is 1. The highest BCUT2D eigenvalue weighted by Gasteiger charge is 2.29. The number of fused-ring (bicyclic) bond motifs is 1. The summed E-state index contributed by atoms with van der Waals surface area (Å²) in [6, 6.07) is 9.60. The third-order valence-corrected chi connectivity index (χ3v) is 5.42. The molecule has 0 radical (unpaired) electrons. The van der Waals surface area contributed by atoms with E-state index in [0.29, 0.717) is 0 Å². The number of ether oxygens (including phenoxy) is 2. The van der Waals surface area contributed by atoms with E-state index in [-0.39, 0.29) is 34.2 Å². The summed E-state index contributed by atoms with van der Waals surface area (Å²) in [5.41, 5.74) is 0.0436. The molecule has 0 fully saturated rings. The van der Waals surface area contributed by atoms with Crippen molar-refractivity contribution in [1.82, 2.24) is 0 Å². The highest BCUT2D eigenvalue weighted by Crippen LogP contribution is 2.34. The smallest absolute Gasteiger partial charge is 0.339 e. The molecule has 0 aliphatic carbocycles. The fourth-order valence-electron chi connectivity index (χ4n) is 2.72. The SMILES string of the molecule is COC(=O)c1ccccc1NS(=O)(=O)c1ccc2c(c1)N(CC(=O)O)C(=O)CO2. The van der Waals surface area contributed by atoms with E-state index in [2.05, 4.69) is 9.46 Å². The van der Waals surface area contributed by atoms with Gasteiger partial charge >= 0.3 is 11.9 Å². The van der Waals surface area contributed by atoms with Crippen LogP contribution in [0.25, 0.3) is 0 Å². The summed E-state index contributed by atoms with van der Waals surface area (Å²) < 4.78 is 37.9. The lowest BCUT2D eigenvalue weighted by Crippen LogP contribution is -2.42. The van der Waals surface area contributed by atoms with Gasteiger partial charge in [-0.15, -0.1) is 0 Å². The summed E-state index contributed by atoms with van der Waals surface area (Å²) in [7, 11) is -3.01. The maximum absolute atomic E-state index is 12.8. The molecule has 1 aliphatic heterocycles. The molecular formula is C18H16N2O8S. The lowest BCUT2D eigenvalue weighted by atomic mass is 10.2. The molecule has 2 aromatic rings. The van der Waals surface area contributed by atoms with Gasteiger partial charge in [-0.05, 0) is 30.3 Å². The number of carbonyl (C=O) groups excluding carboxylic acids is 2. The Balaban J connectivity index is 1.99. The van der Waals surface area contributed by atoms with Gasteiger partial charge < -0.3 is 14.6 Å². The van der Waals surface area contributed by atoms with Crippen LogP contribution in [0, 0.1) is 0 Å². The van der Waals surface area contributed by atoms with E-state index in [4.69, 9.17) is 9.84 Å². The standard InChI is InChI=1S/C18H16N2O8S/c1-27-18(24)12-4-2-3-5-13(12)19-29(25,26)11-6-7-15-14(8-11)20(9-17(22)23)16(21)10-28-15/h2-8,19H,9-10H2,1H3,(H,22,23). The molecule has 2 N–H and O–H groups in total. The van der Waals surface area contributed by atoms with Gasteiger partial charge in [-0.2, -0.15) is 0 Å². The number of nitrogens with one attached hydrogen (secondary N) is 1. The lowest BCUT2D eigenvalue weighted by molar-refractivity contribution is -0.137. The minimum atomic E-state index is -4.18. The molecule has 0 spiro atoms. The molecule has 1 amide bonds. The van der Waals surface area contributed by atoms with E-state index in [1.165, 1.54) is 37.4 Å². The molecule has 10 nitrogen and oxygen atoms in total. The van der Waals surface area contributed by atoms with E-state index in [1.807, 2.05) is 0 Å². The molecule has 0 unspecified atom stereocenters. The Hall–Kier alpha value is -3.60. The predicted octanol–water partition coefficient (Wildman–Crippen LogP) is 1.08. The Bertz CT molecular complexity index is 1100. The number of sulfonamides is 1. The summed E-state index contributed by atoms with van der Waals surface area (Å²) in [5, 5.41) is 9.03. The molecule has 11 heteroatoms. The summed E-state index contributed by atoms with van der Waals surface area (Å²) in [4.78, 5) is 35.6. The van der Waals surface area contributed by atoms with Crippen molar-refractivity contribution in [3.8, 4) is 5.75 Å². The van der Waals surface area contributed by atoms with Gasteiger partial charge in [0.15, 0.2) is 6.61 Å². The number of aliphatic carboxylic acids is 1. The average molecular weight is 420 g/mol. The van der Waals surface area contributed by atoms with Gasteiger partial charge in [0, 0.05) is 0 Å². The van der Waals surface area contributed by atoms with Gasteiger partial charge in [0.05, 0.1) is 28.9 Å². The maximum Gasteiger partial charge on any atom is 0.339 e. The van der Waals surface area contributed by atoms with Gasteiger partial charge in [-0.1, -0.05) is 12.1 Å². The first kappa shape index (κ1) is 20.1. The second kappa shape index (κ2) is 7.80. The van der Waals surface area contributed by atoms with Crippen LogP contribution in [-0.4, -0.2) is 51.6 Å². The minimum Gasteiger partial charge on any atom is -0.482 e. The van der Waals surface area contributed by atoms with Gasteiger partial charge in [0.2, 0.25) is 0 Å². The predicted molar refractivity (Wildman–Crippen MR) is 101 cm³/mol. The number of benzene rings is 2. The van der Waals surface area contributed by atoms with E-state index in [1.54, 1.807) is 6.07 Å². The number of amides is 1. The van der Waals surface area contributed by atoms with E-state index in [9.17, 15) is 22.8 Å². The minimum absolute atomic E-state index is 0.00629. The Morgan fingerprint density at radius 3 is 2.66 bits per heavy atom. The zero-order chi connectivity index (χ0) is 21.2. The van der Waals surface area contributed by atoms with Crippen LogP contribution in [0.15, 0.2) is 47.4 Å². The number of rotatable bonds is 6. The highest BCUT2D eigenvalue weighted by molar-refractivity contribution is 7.92. The van der Waals surface area contributed by atoms with Crippen LogP contribution in [0.2, 0.25) is 0 Å². The van der Waals surface area contributed by atoms with E-state index in [0.717, 1.165) is 11.0 Å². The molecule has 1 aliphatic rings. The van der Waals surface area contributed by atoms with Crippen LogP contribution in [0.5, 0.6) is 5.75 Å². The Morgan fingerprint density at radius 2 is 1.97 bits per heavy atom. The first-order chi connectivity index (χ1) is 13.7. The number of methoxy groups -OCH3 is 1. The third kappa shape index (κ3) is 4.14. The molecule has 3 rings (SSSR count). The Morgan fingerprint density at radius 1 is 1.24 bits per heavy atom. The van der Waals surface area contributed by atoms with Crippen molar-refractivity contribution in [2.24, 2.45) is 0 Å². The molecule has 1 heterocycles. The number of carboxylic acids is 1. The van der Waals surface area contributed by atoms with E-state index < -0.39 is 34.4 Å². The zero-order valence-corrected chi connectivity index (χ0v) is 15.9. The van der Waals surface area contributed by atoms with Crippen molar-refractivity contribution >= 4 is 39.2 Å². The average Bonchev–Trinajstić information content (AvgIpc) is 2.69. The summed E-state index contributed by atoms with van der Waals surface area (Å²) in [6.07, 6.45) is 0. The molecule has 0 atom stereocenters. The van der Waals surface area contributed by atoms with Crippen molar-refractivity contribution in [2.45, 2.75) is 4.90 Å². The van der Waals surface area contributed by atoms with Crippen molar-refractivity contribution in [3.63, 3.8) is 0 Å². The molecule has 0 saturated heterocycles. The first-order valence-electron chi connectivity index (χ1n) is 8.22. The van der Waals surface area contributed by atoms with Crippen LogP contribution in [-0.2, 0) is 24.3 Å². The number of hydrogen-bond donors (Lipinski definition) is 2. The first-order valence-corrected chi connectivity index (χ1v) is 9.70. The third-order valence-electron chi connectivity index (χ3n) is 4.05. The van der Waals surface area contributed by atoms with Gasteiger partial charge in [0.25, 0.3) is 15.9 Å². The van der Waals surface area contributed by atoms with Crippen LogP contribution in [0.4, 0.5) is 11.4 Å². The molecule has 29 heavy (non-hydrogen) atoms. The monoisotopic (exact) mass is 420 g/mol. The van der Waals surface area contributed by atoms with Crippen LogP contribution in [0.3, 0.4) is 0 Å². The maximum atomic E-state index is 12.8. The van der Waals surface area contributed by atoms with Crippen molar-refractivity contribution in [3.05, 3.63) is 48.0 Å². The number of nitrogens with zero attached hydrogens (tertiary/aromatic N) is 1. The molecule has 152 valence electrons. The highest BCUT2D eigenvalue weighted by atomic mass is 32.2. The van der Waals surface area contributed by atoms with Gasteiger partial charge in [0.1, 0.15) is 12.3 Å². The molecule has 2 aromatic carbocycles. The number of hydrogen-bond acceptors (Lipinski definition) is 7. The molecule has 0 saturated carbocycles. The van der Waals surface area contributed by atoms with Crippen molar-refractivity contribution < 1.29 is 37.4 Å². The number of para-hydroxylation sites is 1. The molecule has 0 aromatic heterocycles. The van der Waals surface area contributed by atoms with Crippen LogP contribution >= 0.6 is 0 Å². The summed E-state index contributed by atoms with van der Waals surface area (Å²) >= 11 is 0. The zero-order valence-electron chi connectivity index (χ0n) is 15.1. The van der Waals surface area contributed by atoms with Crippen LogP contribution < -0.4 is 14.4 Å². The Labute approximate surface area is 165 Å². The van der Waals surface area contributed by atoms with Crippen LogP contribution in [0.1, 0.15) is 10.4 Å². The largest absolute Gasteiger partial charge is 0.482 e. The summed E-state index contributed by atoms with van der Waals surface area (Å²) in [5.74, 6) is -2.41.